The smallest absolute Gasteiger partial charge is 0.251 e. The van der Waals surface area contributed by atoms with E-state index in [1.165, 1.54) is 12.8 Å². The van der Waals surface area contributed by atoms with Crippen LogP contribution in [0.5, 0.6) is 5.75 Å². The van der Waals surface area contributed by atoms with Crippen LogP contribution in [-0.4, -0.2) is 79.6 Å². The predicted molar refractivity (Wildman–Crippen MR) is 148 cm³/mol. The maximum atomic E-state index is 13.5. The minimum absolute atomic E-state index is 0.0927. The molecule has 1 atom stereocenters. The zero-order chi connectivity index (χ0) is 27.0. The van der Waals surface area contributed by atoms with Gasteiger partial charge < -0.3 is 30.1 Å². The fraction of sp³-hybridized carbons (Fsp3) is 0.571. The summed E-state index contributed by atoms with van der Waals surface area (Å²) < 4.78 is 5.61. The molecule has 2 amide bonds. The van der Waals surface area contributed by atoms with Gasteiger partial charge in [0.1, 0.15) is 11.4 Å². The molecule has 2 N–H and O–H groups in total. The number of likely N-dealkylation sites (tertiary alicyclic amines) is 1. The lowest BCUT2D eigenvalue weighted by molar-refractivity contribution is -0.126. The molecule has 1 aliphatic carbocycles. The third kappa shape index (κ3) is 4.89. The fourth-order valence-corrected chi connectivity index (χ4v) is 5.80. The number of aromatic nitrogens is 2. The van der Waals surface area contributed by atoms with Gasteiger partial charge in [0.25, 0.3) is 5.91 Å². The fourth-order valence-electron chi connectivity index (χ4n) is 5.80. The molecule has 3 aliphatic rings. The molecule has 1 aromatic heterocycles. The SMILES string of the molecule is CC[C@@]1(C)CN(C2CCCC2)c2nc(Nc3ccc(C(=O)NC4CN(C)C4)cc3OC)ncc2N(C)C1=O. The van der Waals surface area contributed by atoms with Crippen LogP contribution < -0.4 is 25.2 Å². The number of hydrogen-bond donors (Lipinski definition) is 2. The molecular formula is C28H39N7O3. The van der Waals surface area contributed by atoms with Crippen molar-refractivity contribution in [3.8, 4) is 5.75 Å². The van der Waals surface area contributed by atoms with Crippen LogP contribution in [-0.2, 0) is 4.79 Å². The molecule has 5 rings (SSSR count). The highest BCUT2D eigenvalue weighted by molar-refractivity contribution is 6.01. The average molecular weight is 522 g/mol. The van der Waals surface area contributed by atoms with Gasteiger partial charge in [-0.1, -0.05) is 19.8 Å². The molecular weight excluding hydrogens is 482 g/mol. The second-order valence-corrected chi connectivity index (χ2v) is 11.2. The Balaban J connectivity index is 1.43. The van der Waals surface area contributed by atoms with Gasteiger partial charge >= 0.3 is 0 Å². The van der Waals surface area contributed by atoms with E-state index in [0.717, 1.165) is 43.9 Å². The molecule has 38 heavy (non-hydrogen) atoms. The third-order valence-electron chi connectivity index (χ3n) is 8.38. The van der Waals surface area contributed by atoms with Gasteiger partial charge in [-0.2, -0.15) is 4.98 Å². The number of nitrogens with one attached hydrogen (secondary N) is 2. The number of carbonyl (C=O) groups is 2. The lowest BCUT2D eigenvalue weighted by atomic mass is 9.85. The first-order chi connectivity index (χ1) is 18.2. The lowest BCUT2D eigenvalue weighted by Crippen LogP contribution is -2.57. The largest absolute Gasteiger partial charge is 0.495 e. The number of methoxy groups -OCH3 is 1. The number of benzene rings is 1. The summed E-state index contributed by atoms with van der Waals surface area (Å²) in [6.07, 6.45) is 7.05. The van der Waals surface area contributed by atoms with Gasteiger partial charge in [-0.3, -0.25) is 9.59 Å². The summed E-state index contributed by atoms with van der Waals surface area (Å²) in [6, 6.07) is 5.84. The van der Waals surface area contributed by atoms with E-state index in [2.05, 4.69) is 39.3 Å². The number of ether oxygens (including phenoxy) is 1. The van der Waals surface area contributed by atoms with Crippen molar-refractivity contribution in [1.29, 1.82) is 0 Å². The maximum Gasteiger partial charge on any atom is 0.251 e. The van der Waals surface area contributed by atoms with E-state index < -0.39 is 5.41 Å². The van der Waals surface area contributed by atoms with E-state index in [1.54, 1.807) is 30.3 Å². The normalized spacial score (nSPS) is 22.6. The Morgan fingerprint density at radius 2 is 1.95 bits per heavy atom. The monoisotopic (exact) mass is 521 g/mol. The van der Waals surface area contributed by atoms with Crippen molar-refractivity contribution in [3.63, 3.8) is 0 Å². The minimum atomic E-state index is -0.500. The molecule has 1 aromatic carbocycles. The van der Waals surface area contributed by atoms with Crippen molar-refractivity contribution in [3.05, 3.63) is 30.0 Å². The Bertz CT molecular complexity index is 1210. The number of likely N-dealkylation sites (N-methyl/N-ethyl adjacent to an activating group) is 1. The van der Waals surface area contributed by atoms with Gasteiger partial charge in [0.15, 0.2) is 5.82 Å². The highest BCUT2D eigenvalue weighted by Crippen LogP contribution is 2.42. The summed E-state index contributed by atoms with van der Waals surface area (Å²) in [7, 11) is 5.43. The Hall–Kier alpha value is -3.40. The maximum absolute atomic E-state index is 13.5. The van der Waals surface area contributed by atoms with Crippen LogP contribution in [0.1, 0.15) is 56.3 Å². The number of fused-ring (bicyclic) bond motifs is 1. The molecule has 0 bridgehead atoms. The molecule has 10 heteroatoms. The third-order valence-corrected chi connectivity index (χ3v) is 8.38. The number of amides is 2. The van der Waals surface area contributed by atoms with E-state index in [9.17, 15) is 9.59 Å². The summed E-state index contributed by atoms with van der Waals surface area (Å²) in [5.41, 5.74) is 1.43. The van der Waals surface area contributed by atoms with Crippen molar-refractivity contribution in [1.82, 2.24) is 20.2 Å². The van der Waals surface area contributed by atoms with Gasteiger partial charge in [-0.25, -0.2) is 4.98 Å². The van der Waals surface area contributed by atoms with E-state index in [0.29, 0.717) is 35.5 Å². The zero-order valence-electron chi connectivity index (χ0n) is 23.1. The number of carbonyl (C=O) groups excluding carboxylic acids is 2. The Kier molecular flexibility index (Phi) is 7.17. The predicted octanol–water partition coefficient (Wildman–Crippen LogP) is 3.41. The van der Waals surface area contributed by atoms with Gasteiger partial charge in [0, 0.05) is 38.3 Å². The Morgan fingerprint density at radius 3 is 2.61 bits per heavy atom. The van der Waals surface area contributed by atoms with Gasteiger partial charge in [0.2, 0.25) is 11.9 Å². The van der Waals surface area contributed by atoms with E-state index in [4.69, 9.17) is 9.72 Å². The molecule has 3 heterocycles. The molecule has 2 aromatic rings. The summed E-state index contributed by atoms with van der Waals surface area (Å²) in [5, 5.41) is 6.34. The van der Waals surface area contributed by atoms with Crippen LogP contribution >= 0.6 is 0 Å². The molecule has 2 aliphatic heterocycles. The average Bonchev–Trinajstić information content (AvgIpc) is 3.42. The van der Waals surface area contributed by atoms with Gasteiger partial charge in [-0.05, 0) is 51.4 Å². The van der Waals surface area contributed by atoms with Crippen LogP contribution in [0, 0.1) is 5.41 Å². The van der Waals surface area contributed by atoms with Crippen molar-refractivity contribution in [2.75, 3.05) is 56.0 Å². The van der Waals surface area contributed by atoms with Crippen molar-refractivity contribution >= 4 is 35.0 Å². The molecule has 204 valence electrons. The minimum Gasteiger partial charge on any atom is -0.495 e. The summed E-state index contributed by atoms with van der Waals surface area (Å²) in [6.45, 7) is 6.47. The molecule has 2 fully saturated rings. The summed E-state index contributed by atoms with van der Waals surface area (Å²) >= 11 is 0. The number of anilines is 4. The second-order valence-electron chi connectivity index (χ2n) is 11.2. The van der Waals surface area contributed by atoms with Crippen LogP contribution in [0.15, 0.2) is 24.4 Å². The first-order valence-corrected chi connectivity index (χ1v) is 13.6. The first kappa shape index (κ1) is 26.2. The van der Waals surface area contributed by atoms with Crippen LogP contribution in [0.3, 0.4) is 0 Å². The van der Waals surface area contributed by atoms with E-state index in [-0.39, 0.29) is 17.9 Å². The first-order valence-electron chi connectivity index (χ1n) is 13.6. The highest BCUT2D eigenvalue weighted by atomic mass is 16.5. The standard InChI is InChI=1S/C28H39N7O3/c1-6-28(2)17-35(20-9-7-8-10-20)24-22(34(4)26(28)37)14-29-27(32-24)31-21-12-11-18(13-23(21)38-5)25(36)30-19-15-33(3)16-19/h11-14,19-20H,6-10,15-17H2,1-5H3,(H,30,36)(H,29,31,32)/t28-/m0/s1. The molecule has 1 saturated heterocycles. The van der Waals surface area contributed by atoms with Crippen LogP contribution in [0.4, 0.5) is 23.1 Å². The summed E-state index contributed by atoms with van der Waals surface area (Å²) in [4.78, 5) is 41.9. The van der Waals surface area contributed by atoms with Gasteiger partial charge in [0.05, 0.1) is 30.5 Å². The number of hydrogen-bond acceptors (Lipinski definition) is 8. The molecule has 10 nitrogen and oxygen atoms in total. The quantitative estimate of drug-likeness (QED) is 0.572. The van der Waals surface area contributed by atoms with Crippen molar-refractivity contribution in [2.24, 2.45) is 5.41 Å². The summed E-state index contributed by atoms with van der Waals surface area (Å²) in [5.74, 6) is 1.70. The second kappa shape index (κ2) is 10.4. The van der Waals surface area contributed by atoms with Crippen molar-refractivity contribution in [2.45, 2.75) is 58.0 Å². The Morgan fingerprint density at radius 1 is 1.21 bits per heavy atom. The molecule has 0 unspecified atom stereocenters. The number of rotatable bonds is 7. The van der Waals surface area contributed by atoms with E-state index in [1.807, 2.05) is 20.2 Å². The topological polar surface area (TPSA) is 103 Å². The van der Waals surface area contributed by atoms with Gasteiger partial charge in [-0.15, -0.1) is 0 Å². The molecule has 0 radical (unpaired) electrons. The zero-order valence-corrected chi connectivity index (χ0v) is 23.1. The van der Waals surface area contributed by atoms with Crippen molar-refractivity contribution < 1.29 is 14.3 Å². The molecule has 0 spiro atoms. The lowest BCUT2D eigenvalue weighted by Gasteiger charge is -2.36. The molecule has 1 saturated carbocycles. The van der Waals surface area contributed by atoms with Crippen LogP contribution in [0.25, 0.3) is 0 Å². The Labute approximate surface area is 224 Å². The van der Waals surface area contributed by atoms with E-state index >= 15 is 0 Å². The van der Waals surface area contributed by atoms with Crippen LogP contribution in [0.2, 0.25) is 0 Å². The highest BCUT2D eigenvalue weighted by Gasteiger charge is 2.43. The number of nitrogens with zero attached hydrogens (tertiary/aromatic N) is 5.